The average molecular weight is 266 g/mol. The average Bonchev–Trinajstić information content (AvgIpc) is 2.25. The van der Waals surface area contributed by atoms with E-state index < -0.39 is 0 Å². The Morgan fingerprint density at radius 3 is 2.67 bits per heavy atom. The molecule has 78 valence electrons. The minimum absolute atomic E-state index is 0.0552. The van der Waals surface area contributed by atoms with Crippen LogP contribution in [0.2, 0.25) is 0 Å². The van der Waals surface area contributed by atoms with Gasteiger partial charge in [0, 0.05) is 23.0 Å². The Bertz CT molecular complexity index is 386. The van der Waals surface area contributed by atoms with Gasteiger partial charge < -0.3 is 5.32 Å². The second-order valence-electron chi connectivity index (χ2n) is 2.94. The Kier molecular flexibility index (Phi) is 4.92. The molecule has 15 heavy (non-hydrogen) atoms. The molecule has 0 bridgehead atoms. The third-order valence-electron chi connectivity index (χ3n) is 1.82. The van der Waals surface area contributed by atoms with Crippen molar-refractivity contribution in [2.24, 2.45) is 0 Å². The number of amides is 1. The van der Waals surface area contributed by atoms with Crippen LogP contribution in [0.15, 0.2) is 28.7 Å². The molecule has 0 aliphatic rings. The van der Waals surface area contributed by atoms with Crippen LogP contribution < -0.4 is 5.32 Å². The topological polar surface area (TPSA) is 29.1 Å². The molecular formula is C12H12BrNO. The Balaban J connectivity index is 2.46. The molecule has 1 amide bonds. The van der Waals surface area contributed by atoms with Crippen molar-refractivity contribution in [2.45, 2.75) is 13.3 Å². The lowest BCUT2D eigenvalue weighted by molar-refractivity contribution is 0.0954. The molecule has 2 nitrogen and oxygen atoms in total. The minimum atomic E-state index is -0.0552. The van der Waals surface area contributed by atoms with Gasteiger partial charge >= 0.3 is 0 Å². The molecule has 0 aliphatic carbocycles. The standard InChI is InChI=1S/C12H12BrNO/c1-2-3-4-9-14-12(15)10-5-7-11(13)8-6-10/h5-8H,4,9H2,1H3,(H,14,15). The predicted octanol–water partition coefficient (Wildman–Crippen LogP) is 2.59. The first-order valence-corrected chi connectivity index (χ1v) is 5.46. The van der Waals surface area contributed by atoms with E-state index in [0.29, 0.717) is 18.5 Å². The molecule has 0 atom stereocenters. The summed E-state index contributed by atoms with van der Waals surface area (Å²) in [5, 5.41) is 2.80. The highest BCUT2D eigenvalue weighted by Gasteiger charge is 2.02. The van der Waals surface area contributed by atoms with E-state index in [0.717, 1.165) is 4.47 Å². The van der Waals surface area contributed by atoms with Crippen molar-refractivity contribution in [1.29, 1.82) is 0 Å². The molecule has 1 N–H and O–H groups in total. The van der Waals surface area contributed by atoms with Gasteiger partial charge in [-0.25, -0.2) is 0 Å². The number of halogens is 1. The number of benzene rings is 1. The third-order valence-corrected chi connectivity index (χ3v) is 2.35. The summed E-state index contributed by atoms with van der Waals surface area (Å²) in [6.45, 7) is 2.38. The van der Waals surface area contributed by atoms with Crippen LogP contribution in [0.3, 0.4) is 0 Å². The fourth-order valence-electron chi connectivity index (χ4n) is 1.07. The summed E-state index contributed by atoms with van der Waals surface area (Å²) < 4.78 is 0.968. The van der Waals surface area contributed by atoms with Crippen molar-refractivity contribution >= 4 is 21.8 Å². The van der Waals surface area contributed by atoms with Gasteiger partial charge in [-0.05, 0) is 31.2 Å². The lowest BCUT2D eigenvalue weighted by atomic mass is 10.2. The zero-order chi connectivity index (χ0) is 11.1. The molecule has 0 fully saturated rings. The Hall–Kier alpha value is -1.27. The van der Waals surface area contributed by atoms with Crippen LogP contribution in [-0.4, -0.2) is 12.5 Å². The van der Waals surface area contributed by atoms with Crippen LogP contribution >= 0.6 is 15.9 Å². The Labute approximate surface area is 98.2 Å². The first-order valence-electron chi connectivity index (χ1n) is 4.67. The summed E-state index contributed by atoms with van der Waals surface area (Å²) in [4.78, 5) is 11.5. The first kappa shape index (κ1) is 11.8. The van der Waals surface area contributed by atoms with Gasteiger partial charge in [0.15, 0.2) is 0 Å². The van der Waals surface area contributed by atoms with Crippen LogP contribution in [0.5, 0.6) is 0 Å². The molecule has 0 saturated heterocycles. The summed E-state index contributed by atoms with van der Waals surface area (Å²) in [5.74, 6) is 5.62. The smallest absolute Gasteiger partial charge is 0.251 e. The Morgan fingerprint density at radius 2 is 2.07 bits per heavy atom. The molecule has 0 radical (unpaired) electrons. The molecular weight excluding hydrogens is 254 g/mol. The number of carbonyl (C=O) groups excluding carboxylic acids is 1. The fraction of sp³-hybridized carbons (Fsp3) is 0.250. The summed E-state index contributed by atoms with van der Waals surface area (Å²) in [7, 11) is 0. The van der Waals surface area contributed by atoms with Gasteiger partial charge in [0.2, 0.25) is 0 Å². The second kappa shape index (κ2) is 6.26. The SMILES string of the molecule is CC#CCCNC(=O)c1ccc(Br)cc1. The van der Waals surface area contributed by atoms with E-state index in [4.69, 9.17) is 0 Å². The molecule has 0 unspecified atom stereocenters. The Morgan fingerprint density at radius 1 is 1.40 bits per heavy atom. The van der Waals surface area contributed by atoms with Crippen LogP contribution in [0.4, 0.5) is 0 Å². The molecule has 0 saturated carbocycles. The lowest BCUT2D eigenvalue weighted by Gasteiger charge is -2.02. The highest BCUT2D eigenvalue weighted by molar-refractivity contribution is 9.10. The normalized spacial score (nSPS) is 8.93. The maximum absolute atomic E-state index is 11.5. The minimum Gasteiger partial charge on any atom is -0.351 e. The van der Waals surface area contributed by atoms with Crippen molar-refractivity contribution in [3.8, 4) is 11.8 Å². The summed E-state index contributed by atoms with van der Waals surface area (Å²) in [6, 6.07) is 7.26. The maximum Gasteiger partial charge on any atom is 0.251 e. The quantitative estimate of drug-likeness (QED) is 0.661. The van der Waals surface area contributed by atoms with Gasteiger partial charge in [-0.2, -0.15) is 0 Å². The highest BCUT2D eigenvalue weighted by atomic mass is 79.9. The van der Waals surface area contributed by atoms with Crippen molar-refractivity contribution in [3.63, 3.8) is 0 Å². The van der Waals surface area contributed by atoms with E-state index in [-0.39, 0.29) is 5.91 Å². The van der Waals surface area contributed by atoms with Gasteiger partial charge in [-0.1, -0.05) is 15.9 Å². The van der Waals surface area contributed by atoms with Crippen LogP contribution in [-0.2, 0) is 0 Å². The van der Waals surface area contributed by atoms with Gasteiger partial charge in [-0.3, -0.25) is 4.79 Å². The van der Waals surface area contributed by atoms with Gasteiger partial charge in [0.25, 0.3) is 5.91 Å². The molecule has 0 spiro atoms. The molecule has 0 heterocycles. The zero-order valence-corrected chi connectivity index (χ0v) is 10.1. The highest BCUT2D eigenvalue weighted by Crippen LogP contribution is 2.10. The van der Waals surface area contributed by atoms with Crippen LogP contribution in [0.1, 0.15) is 23.7 Å². The van der Waals surface area contributed by atoms with Gasteiger partial charge in [0.05, 0.1) is 0 Å². The monoisotopic (exact) mass is 265 g/mol. The second-order valence-corrected chi connectivity index (χ2v) is 3.86. The van der Waals surface area contributed by atoms with E-state index in [1.807, 2.05) is 12.1 Å². The van der Waals surface area contributed by atoms with E-state index in [1.165, 1.54) is 0 Å². The van der Waals surface area contributed by atoms with Crippen molar-refractivity contribution in [2.75, 3.05) is 6.54 Å². The van der Waals surface area contributed by atoms with Gasteiger partial charge in [0.1, 0.15) is 0 Å². The number of nitrogens with one attached hydrogen (secondary N) is 1. The molecule has 1 aromatic carbocycles. The van der Waals surface area contributed by atoms with Crippen LogP contribution in [0, 0.1) is 11.8 Å². The van der Waals surface area contributed by atoms with E-state index in [9.17, 15) is 4.79 Å². The maximum atomic E-state index is 11.5. The summed E-state index contributed by atoms with van der Waals surface area (Å²) in [5.41, 5.74) is 0.669. The van der Waals surface area contributed by atoms with Crippen molar-refractivity contribution in [3.05, 3.63) is 34.3 Å². The molecule has 0 aliphatic heterocycles. The lowest BCUT2D eigenvalue weighted by Crippen LogP contribution is -2.24. The predicted molar refractivity (Wildman–Crippen MR) is 64.5 cm³/mol. The van der Waals surface area contributed by atoms with Crippen molar-refractivity contribution in [1.82, 2.24) is 5.32 Å². The molecule has 1 rings (SSSR count). The molecule has 1 aromatic rings. The number of hydrogen-bond donors (Lipinski definition) is 1. The van der Waals surface area contributed by atoms with Gasteiger partial charge in [-0.15, -0.1) is 11.8 Å². The summed E-state index contributed by atoms with van der Waals surface area (Å²) >= 11 is 3.32. The summed E-state index contributed by atoms with van der Waals surface area (Å²) in [6.07, 6.45) is 0.693. The van der Waals surface area contributed by atoms with E-state index in [2.05, 4.69) is 33.1 Å². The third kappa shape index (κ3) is 4.18. The van der Waals surface area contributed by atoms with E-state index in [1.54, 1.807) is 19.1 Å². The molecule has 3 heteroatoms. The number of rotatable bonds is 3. The zero-order valence-electron chi connectivity index (χ0n) is 8.51. The van der Waals surface area contributed by atoms with Crippen LogP contribution in [0.25, 0.3) is 0 Å². The largest absolute Gasteiger partial charge is 0.351 e. The number of hydrogen-bond acceptors (Lipinski definition) is 1. The van der Waals surface area contributed by atoms with E-state index >= 15 is 0 Å². The van der Waals surface area contributed by atoms with Crippen molar-refractivity contribution < 1.29 is 4.79 Å². The fourth-order valence-corrected chi connectivity index (χ4v) is 1.33. The molecule has 0 aromatic heterocycles. The number of carbonyl (C=O) groups is 1. The first-order chi connectivity index (χ1) is 7.24.